The van der Waals surface area contributed by atoms with Crippen LogP contribution >= 0.6 is 7.92 Å². The summed E-state index contributed by atoms with van der Waals surface area (Å²) in [5.41, 5.74) is 2.05. The van der Waals surface area contributed by atoms with E-state index >= 15 is 0 Å². The van der Waals surface area contributed by atoms with Crippen LogP contribution in [0.5, 0.6) is 5.75 Å². The molecule has 0 fully saturated rings. The summed E-state index contributed by atoms with van der Waals surface area (Å²) in [6.45, 7) is 13.1. The summed E-state index contributed by atoms with van der Waals surface area (Å²) in [4.78, 5) is 0. The summed E-state index contributed by atoms with van der Waals surface area (Å²) >= 11 is 0. The molecule has 204 valence electrons. The first kappa shape index (κ1) is 29.2. The van der Waals surface area contributed by atoms with Crippen molar-refractivity contribution < 1.29 is 8.95 Å². The van der Waals surface area contributed by atoms with Crippen molar-refractivity contribution >= 4 is 34.8 Å². The van der Waals surface area contributed by atoms with Crippen LogP contribution in [0, 0.1) is 5.41 Å². The van der Waals surface area contributed by atoms with E-state index in [2.05, 4.69) is 116 Å². The van der Waals surface area contributed by atoms with Gasteiger partial charge in [0.1, 0.15) is 12.4 Å². The summed E-state index contributed by atoms with van der Waals surface area (Å²) in [6.07, 6.45) is 0. The Hall–Kier alpha value is -2.78. The highest BCUT2D eigenvalue weighted by molar-refractivity contribution is 7.84. The average molecular weight is 558 g/mol. The molecule has 0 aliphatic rings. The van der Waals surface area contributed by atoms with Crippen molar-refractivity contribution in [3.05, 3.63) is 120 Å². The van der Waals surface area contributed by atoms with Crippen LogP contribution in [-0.4, -0.2) is 8.96 Å². The molecule has 5 heteroatoms. The van der Waals surface area contributed by atoms with E-state index in [4.69, 9.17) is 4.74 Å². The van der Waals surface area contributed by atoms with E-state index in [1.165, 1.54) is 15.9 Å². The predicted molar refractivity (Wildman–Crippen MR) is 169 cm³/mol. The molecule has 0 aliphatic heterocycles. The first-order valence-corrected chi connectivity index (χ1v) is 15.9. The quantitative estimate of drug-likeness (QED) is 0.222. The van der Waals surface area contributed by atoms with Crippen LogP contribution in [0.1, 0.15) is 58.7 Å². The molecule has 0 aliphatic carbocycles. The highest BCUT2D eigenvalue weighted by Crippen LogP contribution is 2.43. The molecule has 0 bridgehead atoms. The lowest BCUT2D eigenvalue weighted by atomic mass is 9.83. The number of benzene rings is 4. The van der Waals surface area contributed by atoms with Gasteiger partial charge in [0, 0.05) is 5.30 Å². The Labute approximate surface area is 238 Å². The summed E-state index contributed by atoms with van der Waals surface area (Å²) in [7, 11) is -2.21. The second-order valence-electron chi connectivity index (χ2n) is 11.8. The number of hydrogen-bond donors (Lipinski definition) is 1. The maximum absolute atomic E-state index is 13.5. The van der Waals surface area contributed by atoms with Gasteiger partial charge < -0.3 is 4.74 Å². The molecule has 0 heterocycles. The second kappa shape index (κ2) is 12.6. The molecule has 0 aromatic heterocycles. The third kappa shape index (κ3) is 7.45. The van der Waals surface area contributed by atoms with Crippen LogP contribution in [0.4, 0.5) is 0 Å². The summed E-state index contributed by atoms with van der Waals surface area (Å²) in [5.74, 6) is 0.868. The van der Waals surface area contributed by atoms with Crippen LogP contribution in [0.2, 0.25) is 0 Å². The lowest BCUT2D eigenvalue weighted by Gasteiger charge is -2.37. The maximum atomic E-state index is 13.5. The Kier molecular flexibility index (Phi) is 9.43. The zero-order chi connectivity index (χ0) is 28.0. The van der Waals surface area contributed by atoms with Crippen molar-refractivity contribution in [2.45, 2.75) is 58.9 Å². The van der Waals surface area contributed by atoms with Gasteiger partial charge in [-0.1, -0.05) is 124 Å². The van der Waals surface area contributed by atoms with E-state index in [1.807, 2.05) is 39.0 Å². The van der Waals surface area contributed by atoms with Crippen LogP contribution in [0.15, 0.2) is 109 Å². The second-order valence-corrected chi connectivity index (χ2v) is 15.9. The van der Waals surface area contributed by atoms with Crippen molar-refractivity contribution in [3.8, 4) is 5.75 Å². The molecule has 2 atom stereocenters. The zero-order valence-electron chi connectivity index (χ0n) is 23.8. The molecule has 0 saturated carbocycles. The van der Waals surface area contributed by atoms with E-state index in [0.29, 0.717) is 6.61 Å². The molecule has 39 heavy (non-hydrogen) atoms. The topological polar surface area (TPSA) is 38.3 Å². The molecule has 3 nitrogen and oxygen atoms in total. The Morgan fingerprint density at radius 2 is 1.23 bits per heavy atom. The van der Waals surface area contributed by atoms with E-state index in [9.17, 15) is 4.21 Å². The fourth-order valence-corrected chi connectivity index (χ4v) is 8.04. The van der Waals surface area contributed by atoms with Crippen molar-refractivity contribution in [2.75, 3.05) is 0 Å². The fourth-order valence-electron chi connectivity index (χ4n) is 4.42. The number of nitrogens with one attached hydrogen (secondary N) is 1. The monoisotopic (exact) mass is 557 g/mol. The molecule has 4 aromatic carbocycles. The number of hydrogen-bond acceptors (Lipinski definition) is 2. The molecule has 1 N–H and O–H groups in total. The Morgan fingerprint density at radius 3 is 1.72 bits per heavy atom. The molecule has 0 amide bonds. The van der Waals surface area contributed by atoms with Crippen LogP contribution in [0.3, 0.4) is 0 Å². The van der Waals surface area contributed by atoms with E-state index in [-0.39, 0.29) is 11.5 Å². The average Bonchev–Trinajstić information content (AvgIpc) is 2.92. The first-order chi connectivity index (χ1) is 18.6. The van der Waals surface area contributed by atoms with Crippen molar-refractivity contribution in [1.29, 1.82) is 0 Å². The number of ether oxygens (including phenoxy) is 1. The molecule has 0 saturated heterocycles. The zero-order valence-corrected chi connectivity index (χ0v) is 25.6. The molecule has 0 radical (unpaired) electrons. The Balaban J connectivity index is 1.94. The lowest BCUT2D eigenvalue weighted by Crippen LogP contribution is -2.42. The lowest BCUT2D eigenvalue weighted by molar-refractivity contribution is 0.299. The normalized spacial score (nSPS) is 13.7. The van der Waals surface area contributed by atoms with Gasteiger partial charge in [-0.3, -0.25) is 0 Å². The molecule has 0 spiro atoms. The van der Waals surface area contributed by atoms with Gasteiger partial charge in [-0.05, 0) is 61.9 Å². The van der Waals surface area contributed by atoms with E-state index in [1.54, 1.807) is 0 Å². The first-order valence-electron chi connectivity index (χ1n) is 13.4. The van der Waals surface area contributed by atoms with Crippen LogP contribution in [0.25, 0.3) is 0 Å². The summed E-state index contributed by atoms with van der Waals surface area (Å²) in [6, 6.07) is 37.9. The largest absolute Gasteiger partial charge is 0.488 e. The van der Waals surface area contributed by atoms with Crippen molar-refractivity contribution in [1.82, 2.24) is 4.72 Å². The van der Waals surface area contributed by atoms with E-state index in [0.717, 1.165) is 16.9 Å². The predicted octanol–water partition coefficient (Wildman–Crippen LogP) is 7.16. The molecule has 4 rings (SSSR count). The Bertz CT molecular complexity index is 1320. The van der Waals surface area contributed by atoms with Gasteiger partial charge in [-0.2, -0.15) is 0 Å². The van der Waals surface area contributed by atoms with Gasteiger partial charge >= 0.3 is 0 Å². The van der Waals surface area contributed by atoms with Gasteiger partial charge in [0.15, 0.2) is 0 Å². The third-order valence-corrected chi connectivity index (χ3v) is 10.6. The van der Waals surface area contributed by atoms with Gasteiger partial charge in [0.05, 0.1) is 21.8 Å². The SMILES string of the molecule is CC(C)(C)[C@@H](NS(=O)C(C)(C)C)c1cccc(OCc2ccccc2)c1P(c1ccccc1)c1ccccc1. The van der Waals surface area contributed by atoms with Gasteiger partial charge in [0.25, 0.3) is 0 Å². The standard InChI is InChI=1S/C34H40NO2PS/c1-33(2,3)32(35-39(36)34(4,5)6)29-23-16-24-30(37-25-26-17-10-7-11-18-26)31(29)38(27-19-12-8-13-20-27)28-21-14-9-15-22-28/h7-24,32,35H,25H2,1-6H3/t32-,39?/m0/s1. The van der Waals surface area contributed by atoms with Gasteiger partial charge in [0.2, 0.25) is 0 Å². The molecular formula is C34H40NO2PS. The smallest absolute Gasteiger partial charge is 0.128 e. The van der Waals surface area contributed by atoms with Crippen LogP contribution < -0.4 is 25.4 Å². The van der Waals surface area contributed by atoms with Crippen molar-refractivity contribution in [2.24, 2.45) is 5.41 Å². The van der Waals surface area contributed by atoms with E-state index < -0.39 is 23.7 Å². The minimum Gasteiger partial charge on any atom is -0.488 e. The Morgan fingerprint density at radius 1 is 0.718 bits per heavy atom. The van der Waals surface area contributed by atoms with Crippen LogP contribution in [-0.2, 0) is 17.6 Å². The molecular weight excluding hydrogens is 517 g/mol. The minimum atomic E-state index is -1.25. The highest BCUT2D eigenvalue weighted by atomic mass is 32.2. The highest BCUT2D eigenvalue weighted by Gasteiger charge is 2.35. The molecule has 1 unspecified atom stereocenters. The minimum absolute atomic E-state index is 0.162. The van der Waals surface area contributed by atoms with Gasteiger partial charge in [-0.25, -0.2) is 8.93 Å². The fraction of sp³-hybridized carbons (Fsp3) is 0.294. The van der Waals surface area contributed by atoms with Gasteiger partial charge in [-0.15, -0.1) is 0 Å². The third-order valence-electron chi connectivity index (χ3n) is 6.48. The summed E-state index contributed by atoms with van der Waals surface area (Å²) < 4.78 is 23.3. The maximum Gasteiger partial charge on any atom is 0.128 e. The molecule has 4 aromatic rings. The number of rotatable bonds is 9. The van der Waals surface area contributed by atoms with Crippen molar-refractivity contribution in [3.63, 3.8) is 0 Å². The summed E-state index contributed by atoms with van der Waals surface area (Å²) in [5, 5.41) is 3.67.